The standard InChI is InChI=1S/C23H25N3O2S/c27-21-20-17-8-4-5-9-18(17)29-22(20)25-19(24-21)14-26(23(28)16-10-11-16)13-12-15-6-2-1-3-7-15/h1-3,6-7,16H,4-5,8-14H2,(H,24,25,27). The molecule has 5 rings (SSSR count). The van der Waals surface area contributed by atoms with Crippen molar-refractivity contribution in [3.8, 4) is 0 Å². The van der Waals surface area contributed by atoms with E-state index in [2.05, 4.69) is 17.1 Å². The van der Waals surface area contributed by atoms with Gasteiger partial charge in [0.2, 0.25) is 5.91 Å². The number of aromatic nitrogens is 2. The predicted molar refractivity (Wildman–Crippen MR) is 115 cm³/mol. The molecule has 0 radical (unpaired) electrons. The van der Waals surface area contributed by atoms with Crippen LogP contribution in [-0.4, -0.2) is 27.3 Å². The van der Waals surface area contributed by atoms with Crippen molar-refractivity contribution in [1.29, 1.82) is 0 Å². The number of benzene rings is 1. The van der Waals surface area contributed by atoms with Gasteiger partial charge in [-0.2, -0.15) is 0 Å². The van der Waals surface area contributed by atoms with E-state index in [4.69, 9.17) is 4.98 Å². The molecule has 0 atom stereocenters. The first-order chi connectivity index (χ1) is 14.2. The number of carbonyl (C=O) groups is 1. The van der Waals surface area contributed by atoms with E-state index in [9.17, 15) is 9.59 Å². The molecule has 3 aromatic rings. The second-order valence-corrected chi connectivity index (χ2v) is 9.26. The maximum atomic E-state index is 12.8. The minimum atomic E-state index is -0.0497. The van der Waals surface area contributed by atoms with Gasteiger partial charge in [-0.1, -0.05) is 30.3 Å². The smallest absolute Gasteiger partial charge is 0.259 e. The maximum absolute atomic E-state index is 12.8. The average molecular weight is 408 g/mol. The number of hydrogen-bond acceptors (Lipinski definition) is 4. The Labute approximate surface area is 173 Å². The van der Waals surface area contributed by atoms with Crippen molar-refractivity contribution >= 4 is 27.5 Å². The Morgan fingerprint density at radius 2 is 1.97 bits per heavy atom. The highest BCUT2D eigenvalue weighted by Crippen LogP contribution is 2.34. The summed E-state index contributed by atoms with van der Waals surface area (Å²) in [7, 11) is 0. The van der Waals surface area contributed by atoms with Gasteiger partial charge in [0, 0.05) is 17.3 Å². The number of hydrogen-bond donors (Lipinski definition) is 1. The molecule has 5 nitrogen and oxygen atoms in total. The third-order valence-corrected chi connectivity index (χ3v) is 7.15. The van der Waals surface area contributed by atoms with Crippen LogP contribution in [-0.2, 0) is 30.6 Å². The third kappa shape index (κ3) is 3.86. The lowest BCUT2D eigenvalue weighted by Gasteiger charge is -2.22. The zero-order chi connectivity index (χ0) is 19.8. The first-order valence-electron chi connectivity index (χ1n) is 10.5. The molecular formula is C23H25N3O2S. The number of nitrogens with one attached hydrogen (secondary N) is 1. The summed E-state index contributed by atoms with van der Waals surface area (Å²) < 4.78 is 0. The van der Waals surface area contributed by atoms with Crippen LogP contribution in [0.3, 0.4) is 0 Å². The van der Waals surface area contributed by atoms with Crippen molar-refractivity contribution in [2.24, 2.45) is 5.92 Å². The van der Waals surface area contributed by atoms with Crippen LogP contribution in [0.2, 0.25) is 0 Å². The molecular weight excluding hydrogens is 382 g/mol. The van der Waals surface area contributed by atoms with E-state index >= 15 is 0 Å². The van der Waals surface area contributed by atoms with Crippen LogP contribution in [0.25, 0.3) is 10.2 Å². The lowest BCUT2D eigenvalue weighted by atomic mass is 9.97. The molecule has 2 aliphatic rings. The molecule has 1 N–H and O–H groups in total. The van der Waals surface area contributed by atoms with Crippen LogP contribution in [0.1, 0.15) is 47.5 Å². The van der Waals surface area contributed by atoms with Crippen molar-refractivity contribution < 1.29 is 4.79 Å². The molecule has 1 fully saturated rings. The Morgan fingerprint density at radius 3 is 2.76 bits per heavy atom. The van der Waals surface area contributed by atoms with Crippen LogP contribution in [0.5, 0.6) is 0 Å². The molecule has 0 spiro atoms. The van der Waals surface area contributed by atoms with Gasteiger partial charge in [-0.05, 0) is 56.1 Å². The molecule has 1 aromatic carbocycles. The number of fused-ring (bicyclic) bond motifs is 3. The summed E-state index contributed by atoms with van der Waals surface area (Å²) in [6, 6.07) is 10.2. The van der Waals surface area contributed by atoms with Crippen LogP contribution in [0.15, 0.2) is 35.1 Å². The molecule has 6 heteroatoms. The fourth-order valence-electron chi connectivity index (χ4n) is 4.23. The van der Waals surface area contributed by atoms with Crippen LogP contribution < -0.4 is 5.56 Å². The van der Waals surface area contributed by atoms with E-state index < -0.39 is 0 Å². The monoisotopic (exact) mass is 407 g/mol. The van der Waals surface area contributed by atoms with Gasteiger partial charge in [-0.3, -0.25) is 9.59 Å². The molecule has 1 amide bonds. The number of aromatic amines is 1. The molecule has 2 aliphatic carbocycles. The Morgan fingerprint density at radius 1 is 1.17 bits per heavy atom. The Kier molecular flexibility index (Phi) is 4.96. The molecule has 0 saturated heterocycles. The van der Waals surface area contributed by atoms with Crippen LogP contribution in [0.4, 0.5) is 0 Å². The minimum absolute atomic E-state index is 0.0497. The minimum Gasteiger partial charge on any atom is -0.335 e. The van der Waals surface area contributed by atoms with E-state index in [0.29, 0.717) is 18.9 Å². The largest absolute Gasteiger partial charge is 0.335 e. The van der Waals surface area contributed by atoms with Gasteiger partial charge >= 0.3 is 0 Å². The second kappa shape index (κ2) is 7.75. The van der Waals surface area contributed by atoms with Crippen molar-refractivity contribution in [2.75, 3.05) is 6.54 Å². The Balaban J connectivity index is 1.41. The van der Waals surface area contributed by atoms with Gasteiger partial charge in [0.15, 0.2) is 0 Å². The average Bonchev–Trinajstić information content (AvgIpc) is 3.51. The van der Waals surface area contributed by atoms with Crippen molar-refractivity contribution in [2.45, 2.75) is 51.5 Å². The van der Waals surface area contributed by atoms with Gasteiger partial charge in [0.1, 0.15) is 10.7 Å². The fourth-order valence-corrected chi connectivity index (χ4v) is 5.51. The zero-order valence-corrected chi connectivity index (χ0v) is 17.3. The summed E-state index contributed by atoms with van der Waals surface area (Å²) >= 11 is 1.66. The number of rotatable bonds is 6. The highest BCUT2D eigenvalue weighted by molar-refractivity contribution is 7.18. The van der Waals surface area contributed by atoms with E-state index in [1.165, 1.54) is 22.4 Å². The number of thiophene rings is 1. The van der Waals surface area contributed by atoms with Crippen molar-refractivity contribution in [3.05, 3.63) is 62.5 Å². The molecule has 2 heterocycles. The highest BCUT2D eigenvalue weighted by Gasteiger charge is 2.33. The van der Waals surface area contributed by atoms with Gasteiger partial charge in [-0.15, -0.1) is 11.3 Å². The second-order valence-electron chi connectivity index (χ2n) is 8.17. The van der Waals surface area contributed by atoms with Gasteiger partial charge in [-0.25, -0.2) is 4.98 Å². The highest BCUT2D eigenvalue weighted by atomic mass is 32.1. The Bertz CT molecular complexity index is 1100. The number of aryl methyl sites for hydroxylation is 2. The van der Waals surface area contributed by atoms with Crippen molar-refractivity contribution in [1.82, 2.24) is 14.9 Å². The number of carbonyl (C=O) groups excluding carboxylic acids is 1. The van der Waals surface area contributed by atoms with Gasteiger partial charge in [0.05, 0.1) is 11.9 Å². The van der Waals surface area contributed by atoms with Gasteiger partial charge < -0.3 is 9.88 Å². The maximum Gasteiger partial charge on any atom is 0.259 e. The Hall–Kier alpha value is -2.47. The molecule has 1 saturated carbocycles. The first kappa shape index (κ1) is 18.6. The summed E-state index contributed by atoms with van der Waals surface area (Å²) in [6.07, 6.45) is 7.11. The van der Waals surface area contributed by atoms with Crippen molar-refractivity contribution in [3.63, 3.8) is 0 Å². The normalized spacial score (nSPS) is 16.0. The third-order valence-electron chi connectivity index (χ3n) is 5.97. The predicted octanol–water partition coefficient (Wildman–Crippen LogP) is 3.84. The topological polar surface area (TPSA) is 66.1 Å². The lowest BCUT2D eigenvalue weighted by Crippen LogP contribution is -2.34. The quantitative estimate of drug-likeness (QED) is 0.675. The molecule has 0 bridgehead atoms. The number of H-pyrrole nitrogens is 1. The zero-order valence-electron chi connectivity index (χ0n) is 16.4. The summed E-state index contributed by atoms with van der Waals surface area (Å²) in [4.78, 5) is 37.4. The van der Waals surface area contributed by atoms with E-state index in [1.807, 2.05) is 23.1 Å². The summed E-state index contributed by atoms with van der Waals surface area (Å²) in [6.45, 7) is 1.01. The SMILES string of the molecule is O=C(C1CC1)N(CCc1ccccc1)Cc1nc2sc3c(c2c(=O)[nH]1)CCCC3. The van der Waals surface area contributed by atoms with E-state index in [-0.39, 0.29) is 17.4 Å². The fraction of sp³-hybridized carbons (Fsp3) is 0.435. The van der Waals surface area contributed by atoms with Crippen LogP contribution >= 0.6 is 11.3 Å². The van der Waals surface area contributed by atoms with E-state index in [1.54, 1.807) is 11.3 Å². The molecule has 0 aliphatic heterocycles. The summed E-state index contributed by atoms with van der Waals surface area (Å²) in [5.74, 6) is 0.938. The molecule has 0 unspecified atom stereocenters. The molecule has 29 heavy (non-hydrogen) atoms. The van der Waals surface area contributed by atoms with E-state index in [0.717, 1.165) is 48.7 Å². The number of nitrogens with zero attached hydrogens (tertiary/aromatic N) is 2. The molecule has 2 aromatic heterocycles. The summed E-state index contributed by atoms with van der Waals surface area (Å²) in [5, 5.41) is 0.776. The summed E-state index contributed by atoms with van der Waals surface area (Å²) in [5.41, 5.74) is 2.36. The van der Waals surface area contributed by atoms with Crippen LogP contribution in [0, 0.1) is 5.92 Å². The lowest BCUT2D eigenvalue weighted by molar-refractivity contribution is -0.133. The molecule has 150 valence electrons. The van der Waals surface area contributed by atoms with Gasteiger partial charge in [0.25, 0.3) is 5.56 Å². The first-order valence-corrected chi connectivity index (χ1v) is 11.4. The number of amides is 1.